The van der Waals surface area contributed by atoms with E-state index in [2.05, 4.69) is 25.0 Å². The largest absolute Gasteiger partial charge is 0.480 e. The summed E-state index contributed by atoms with van der Waals surface area (Å²) in [6.45, 7) is 0.449. The van der Waals surface area contributed by atoms with Crippen LogP contribution in [-0.2, 0) is 35.6 Å². The number of nitrogens with zero attached hydrogens (tertiary/aromatic N) is 5. The van der Waals surface area contributed by atoms with Crippen LogP contribution in [0.5, 0.6) is 0 Å². The third-order valence-electron chi connectivity index (χ3n) is 8.85. The number of rotatable bonds is 16. The summed E-state index contributed by atoms with van der Waals surface area (Å²) in [5.41, 5.74) is 13.0. The Labute approximate surface area is 336 Å². The number of hydrogen-bond acceptors (Lipinski definition) is 16. The molecule has 14 nitrogen and oxygen atoms in total. The Morgan fingerprint density at radius 2 is 1.67 bits per heavy atom. The fourth-order valence-electron chi connectivity index (χ4n) is 6.17. The number of β-lactam (4-membered cyclic amide) rings is 1. The molecule has 2 amide bonds. The van der Waals surface area contributed by atoms with Crippen molar-refractivity contribution in [3.05, 3.63) is 124 Å². The topological polar surface area (TPSA) is 208 Å². The summed E-state index contributed by atoms with van der Waals surface area (Å²) in [5.74, 6) is -0.783. The van der Waals surface area contributed by atoms with E-state index >= 15 is 0 Å². The molecule has 0 radical (unpaired) electrons. The number of amides is 2. The van der Waals surface area contributed by atoms with Crippen LogP contribution >= 0.6 is 58.2 Å². The molecule has 2 fully saturated rings. The molecule has 3 aromatic carbocycles. The highest BCUT2D eigenvalue weighted by molar-refractivity contribution is 8.06. The number of thioether (sulfide) groups is 3. The molecule has 0 bridgehead atoms. The number of hydrogen-bond donors (Lipinski definition) is 4. The number of carbonyl (C=O) groups excluding carboxylic acids is 2. The van der Waals surface area contributed by atoms with Gasteiger partial charge >= 0.3 is 5.97 Å². The number of carbonyl (C=O) groups is 3. The van der Waals surface area contributed by atoms with Crippen LogP contribution < -0.4 is 16.8 Å². The average molecular weight is 835 g/mol. The molecule has 284 valence electrons. The maximum absolute atomic E-state index is 14.0. The summed E-state index contributed by atoms with van der Waals surface area (Å²) < 4.78 is 3.39. The third kappa shape index (κ3) is 7.95. The fourth-order valence-corrected chi connectivity index (χ4v) is 11.5. The molecule has 55 heavy (non-hydrogen) atoms. The van der Waals surface area contributed by atoms with Gasteiger partial charge in [-0.25, -0.2) is 9.97 Å². The van der Waals surface area contributed by atoms with E-state index < -0.39 is 39.5 Å². The first-order chi connectivity index (χ1) is 26.8. The number of aromatic nitrogens is 3. The van der Waals surface area contributed by atoms with E-state index in [-0.39, 0.29) is 28.8 Å². The van der Waals surface area contributed by atoms with E-state index in [1.807, 2.05) is 91.0 Å². The van der Waals surface area contributed by atoms with E-state index in [1.54, 1.807) is 17.1 Å². The number of nitrogens with two attached hydrogens (primary N) is 2. The molecule has 7 rings (SSSR count). The molecule has 2 saturated heterocycles. The van der Waals surface area contributed by atoms with Crippen LogP contribution in [0.1, 0.15) is 28.1 Å². The Hall–Kier alpha value is -4.50. The third-order valence-corrected chi connectivity index (χ3v) is 14.5. The SMILES string of the molecule is NCCSCc1nnsc1SC1(C(=O)O)CS[C@@H]2[C@H](NC(=O)C(=NOOC(c3ccccc3)(c3ccccc3)c3ccccc3)c3csc(N)n3)C(=O)N2C1. The molecule has 0 saturated carbocycles. The lowest BCUT2D eigenvalue weighted by Gasteiger charge is -2.53. The van der Waals surface area contributed by atoms with Gasteiger partial charge in [-0.1, -0.05) is 107 Å². The number of carboxylic acid groups (broad SMARTS) is 1. The number of fused-ring (bicyclic) bond motifs is 1. The molecule has 2 aliphatic heterocycles. The standard InChI is InChI=1S/C36H34N8O6S5/c37-16-17-51-18-26-32(55-43-41-26)54-35(33(47)48)20-44-30(46)28(31(44)53-21-35)40-29(45)27(25-19-52-34(38)39-25)42-50-49-36(22-10-4-1-5-11-22,23-12-6-2-7-13-23)24-14-8-3-9-15-24/h1-15,19,28,31H,16-18,20-21,37H2,(H2,38,39)(H,40,45)(H,47,48)/t28-,31-,35?/m1/s1. The predicted octanol–water partition coefficient (Wildman–Crippen LogP) is 4.43. The van der Waals surface area contributed by atoms with Crippen LogP contribution in [-0.4, -0.2) is 88.8 Å². The van der Waals surface area contributed by atoms with Crippen molar-refractivity contribution in [3.63, 3.8) is 0 Å². The van der Waals surface area contributed by atoms with Gasteiger partial charge in [-0.15, -0.1) is 33.1 Å². The minimum atomic E-state index is -1.34. The molecule has 3 atom stereocenters. The Morgan fingerprint density at radius 3 is 2.24 bits per heavy atom. The highest BCUT2D eigenvalue weighted by atomic mass is 32.2. The molecule has 6 N–H and O–H groups in total. The van der Waals surface area contributed by atoms with Gasteiger partial charge in [0.1, 0.15) is 26.1 Å². The second-order valence-electron chi connectivity index (χ2n) is 12.3. The zero-order chi connectivity index (χ0) is 38.4. The van der Waals surface area contributed by atoms with Crippen LogP contribution in [0.25, 0.3) is 0 Å². The first-order valence-corrected chi connectivity index (χ1v) is 21.5. The van der Waals surface area contributed by atoms with Crippen molar-refractivity contribution in [2.75, 3.05) is 30.3 Å². The van der Waals surface area contributed by atoms with Crippen molar-refractivity contribution in [2.45, 2.75) is 31.7 Å². The molecular formula is C36H34N8O6S5. The Bertz CT molecular complexity index is 2060. The van der Waals surface area contributed by atoms with Gasteiger partial charge in [0.2, 0.25) is 5.91 Å². The van der Waals surface area contributed by atoms with Gasteiger partial charge in [0.05, 0.1) is 5.69 Å². The van der Waals surface area contributed by atoms with E-state index in [1.165, 1.54) is 16.7 Å². The van der Waals surface area contributed by atoms with E-state index in [9.17, 15) is 19.5 Å². The Morgan fingerprint density at radius 1 is 1.04 bits per heavy atom. The Kier molecular flexibility index (Phi) is 12.1. The summed E-state index contributed by atoms with van der Waals surface area (Å²) in [6.07, 6.45) is 0. The molecular weight excluding hydrogens is 801 g/mol. The minimum absolute atomic E-state index is 0.0653. The Balaban J connectivity index is 1.11. The summed E-state index contributed by atoms with van der Waals surface area (Å²) in [4.78, 5) is 58.0. The van der Waals surface area contributed by atoms with Gasteiger partial charge in [-0.05, 0) is 33.4 Å². The van der Waals surface area contributed by atoms with Crippen molar-refractivity contribution < 1.29 is 29.4 Å². The molecule has 4 heterocycles. The molecule has 5 aromatic rings. The summed E-state index contributed by atoms with van der Waals surface area (Å²) >= 11 is 6.26. The number of thiazole rings is 1. The monoisotopic (exact) mass is 834 g/mol. The van der Waals surface area contributed by atoms with E-state index in [4.69, 9.17) is 21.3 Å². The van der Waals surface area contributed by atoms with Crippen molar-refractivity contribution >= 4 is 86.8 Å². The number of aliphatic carboxylic acids is 1. The first kappa shape index (κ1) is 38.8. The smallest absolute Gasteiger partial charge is 0.322 e. The lowest BCUT2D eigenvalue weighted by molar-refractivity contribution is -0.346. The van der Waals surface area contributed by atoms with Gasteiger partial charge in [0.15, 0.2) is 16.4 Å². The zero-order valence-corrected chi connectivity index (χ0v) is 32.9. The molecule has 2 aliphatic rings. The fraction of sp³-hybridized carbons (Fsp3) is 0.250. The maximum atomic E-state index is 14.0. The van der Waals surface area contributed by atoms with E-state index in [0.717, 1.165) is 57.1 Å². The highest BCUT2D eigenvalue weighted by Gasteiger charge is 2.58. The molecule has 0 spiro atoms. The quantitative estimate of drug-likeness (QED) is 0.0271. The second kappa shape index (κ2) is 17.1. The van der Waals surface area contributed by atoms with Crippen molar-refractivity contribution in [1.29, 1.82) is 0 Å². The zero-order valence-electron chi connectivity index (χ0n) is 28.8. The summed E-state index contributed by atoms with van der Waals surface area (Å²) in [6, 6.07) is 27.5. The van der Waals surface area contributed by atoms with Crippen LogP contribution in [0.2, 0.25) is 0 Å². The van der Waals surface area contributed by atoms with Gasteiger partial charge in [-0.3, -0.25) is 14.4 Å². The van der Waals surface area contributed by atoms with Crippen LogP contribution in [0.3, 0.4) is 0 Å². The number of nitrogens with one attached hydrogen (secondary N) is 1. The molecule has 19 heteroatoms. The van der Waals surface area contributed by atoms with Gasteiger partial charge in [0, 0.05) is 35.7 Å². The lowest BCUT2D eigenvalue weighted by atomic mass is 9.80. The minimum Gasteiger partial charge on any atom is -0.480 e. The van der Waals surface area contributed by atoms with Crippen LogP contribution in [0.4, 0.5) is 5.13 Å². The van der Waals surface area contributed by atoms with Crippen molar-refractivity contribution in [2.24, 2.45) is 10.9 Å². The first-order valence-electron chi connectivity index (χ1n) is 16.8. The maximum Gasteiger partial charge on any atom is 0.322 e. The second-order valence-corrected chi connectivity index (χ2v) is 17.8. The number of oxime groups is 1. The van der Waals surface area contributed by atoms with Crippen LogP contribution in [0.15, 0.2) is 106 Å². The normalized spacial score (nSPS) is 19.7. The van der Waals surface area contributed by atoms with Gasteiger partial charge < -0.3 is 26.8 Å². The molecule has 1 unspecified atom stereocenters. The number of anilines is 1. The average Bonchev–Trinajstić information content (AvgIpc) is 3.86. The summed E-state index contributed by atoms with van der Waals surface area (Å²) in [7, 11) is 0. The van der Waals surface area contributed by atoms with Crippen molar-refractivity contribution in [1.82, 2.24) is 24.8 Å². The van der Waals surface area contributed by atoms with Gasteiger partial charge in [-0.2, -0.15) is 11.8 Å². The number of nitrogen functional groups attached to an aromatic ring is 1. The number of carboxylic acids is 1. The lowest BCUT2D eigenvalue weighted by Crippen LogP contribution is -2.74. The van der Waals surface area contributed by atoms with Crippen LogP contribution in [0, 0.1) is 0 Å². The molecule has 0 aliphatic carbocycles. The van der Waals surface area contributed by atoms with Gasteiger partial charge in [0.25, 0.3) is 5.91 Å². The van der Waals surface area contributed by atoms with E-state index in [0.29, 0.717) is 22.2 Å². The van der Waals surface area contributed by atoms with Crippen molar-refractivity contribution in [3.8, 4) is 0 Å². The number of benzene rings is 3. The summed E-state index contributed by atoms with van der Waals surface area (Å²) in [5, 5.41) is 22.8. The highest BCUT2D eigenvalue weighted by Crippen LogP contribution is 2.48. The molecule has 2 aromatic heterocycles. The predicted molar refractivity (Wildman–Crippen MR) is 216 cm³/mol.